The summed E-state index contributed by atoms with van der Waals surface area (Å²) in [7, 11) is 0. The SMILES string of the molecule is C=NC=N/C=C(\C)c1cc(F)c2n[nH]c(-c3nc4nccc(N5CCCCC5)c4[nH]3)c2c1. The van der Waals surface area contributed by atoms with Gasteiger partial charge in [0.15, 0.2) is 17.3 Å². The lowest BCUT2D eigenvalue weighted by molar-refractivity contribution is 0.578. The van der Waals surface area contributed by atoms with Gasteiger partial charge in [0.2, 0.25) is 0 Å². The van der Waals surface area contributed by atoms with Gasteiger partial charge in [0.25, 0.3) is 0 Å². The minimum absolute atomic E-state index is 0.262. The van der Waals surface area contributed by atoms with Crippen molar-refractivity contribution < 1.29 is 4.39 Å². The number of nitrogens with zero attached hydrogens (tertiary/aromatic N) is 6. The average Bonchev–Trinajstić information content (AvgIpc) is 3.44. The van der Waals surface area contributed by atoms with E-state index in [4.69, 9.17) is 0 Å². The molecule has 4 aromatic rings. The molecule has 0 atom stereocenters. The number of fused-ring (bicyclic) bond motifs is 2. The Hall–Kier alpha value is -3.88. The Morgan fingerprint density at radius 3 is 2.91 bits per heavy atom. The predicted molar refractivity (Wildman–Crippen MR) is 127 cm³/mol. The van der Waals surface area contributed by atoms with Crippen LogP contribution in [-0.4, -0.2) is 51.3 Å². The summed E-state index contributed by atoms with van der Waals surface area (Å²) in [6.45, 7) is 7.25. The molecule has 0 bridgehead atoms. The molecule has 162 valence electrons. The molecule has 1 aliphatic rings. The van der Waals surface area contributed by atoms with Gasteiger partial charge in [-0.3, -0.25) is 10.1 Å². The van der Waals surface area contributed by atoms with Gasteiger partial charge in [0.1, 0.15) is 23.1 Å². The Kier molecular flexibility index (Phi) is 5.22. The molecule has 2 N–H and O–H groups in total. The lowest BCUT2D eigenvalue weighted by Crippen LogP contribution is -2.29. The Morgan fingerprint density at radius 2 is 2.09 bits per heavy atom. The first-order chi connectivity index (χ1) is 15.7. The van der Waals surface area contributed by atoms with Crippen LogP contribution in [0.5, 0.6) is 0 Å². The van der Waals surface area contributed by atoms with Crippen LogP contribution in [0.3, 0.4) is 0 Å². The van der Waals surface area contributed by atoms with E-state index in [9.17, 15) is 4.39 Å². The largest absolute Gasteiger partial charge is 0.370 e. The number of H-pyrrole nitrogens is 2. The third-order valence-corrected chi connectivity index (χ3v) is 5.79. The molecule has 0 radical (unpaired) electrons. The Morgan fingerprint density at radius 1 is 1.25 bits per heavy atom. The third kappa shape index (κ3) is 3.55. The van der Waals surface area contributed by atoms with Gasteiger partial charge in [0.05, 0.1) is 5.69 Å². The van der Waals surface area contributed by atoms with Gasteiger partial charge in [-0.15, -0.1) is 0 Å². The van der Waals surface area contributed by atoms with Crippen LogP contribution in [0.4, 0.5) is 10.1 Å². The van der Waals surface area contributed by atoms with Crippen molar-refractivity contribution in [3.63, 3.8) is 0 Å². The molecule has 0 unspecified atom stereocenters. The van der Waals surface area contributed by atoms with E-state index in [1.807, 2.05) is 19.1 Å². The number of aromatic nitrogens is 5. The van der Waals surface area contributed by atoms with Crippen molar-refractivity contribution in [3.8, 4) is 11.5 Å². The Balaban J connectivity index is 1.61. The molecule has 9 heteroatoms. The number of piperidine rings is 1. The molecule has 32 heavy (non-hydrogen) atoms. The van der Waals surface area contributed by atoms with Crippen LogP contribution in [0.2, 0.25) is 0 Å². The van der Waals surface area contributed by atoms with Crippen molar-refractivity contribution in [2.45, 2.75) is 26.2 Å². The van der Waals surface area contributed by atoms with Gasteiger partial charge in [-0.1, -0.05) is 0 Å². The molecular weight excluding hydrogens is 407 g/mol. The maximum atomic E-state index is 14.8. The highest BCUT2D eigenvalue weighted by atomic mass is 19.1. The van der Waals surface area contributed by atoms with E-state index in [0.29, 0.717) is 28.1 Å². The lowest BCUT2D eigenvalue weighted by Gasteiger charge is -2.28. The first-order valence-corrected chi connectivity index (χ1v) is 10.6. The van der Waals surface area contributed by atoms with Crippen molar-refractivity contribution in [3.05, 3.63) is 42.0 Å². The molecule has 1 fully saturated rings. The number of imidazole rings is 1. The van der Waals surface area contributed by atoms with Crippen molar-refractivity contribution in [2.24, 2.45) is 9.98 Å². The van der Waals surface area contributed by atoms with Crippen molar-refractivity contribution in [1.82, 2.24) is 25.1 Å². The Bertz CT molecular complexity index is 1360. The van der Waals surface area contributed by atoms with Crippen LogP contribution in [0.15, 0.2) is 40.6 Å². The zero-order valence-electron chi connectivity index (χ0n) is 17.8. The van der Waals surface area contributed by atoms with E-state index in [1.165, 1.54) is 31.7 Å². The number of hydrogen-bond acceptors (Lipinski definition) is 5. The summed E-state index contributed by atoms with van der Waals surface area (Å²) < 4.78 is 14.8. The van der Waals surface area contributed by atoms with Gasteiger partial charge in [0, 0.05) is 30.9 Å². The van der Waals surface area contributed by atoms with Crippen molar-refractivity contribution in [1.29, 1.82) is 0 Å². The number of hydrogen-bond donors (Lipinski definition) is 2. The highest BCUT2D eigenvalue weighted by Crippen LogP contribution is 2.33. The van der Waals surface area contributed by atoms with Gasteiger partial charge in [-0.2, -0.15) is 5.10 Å². The molecule has 5 rings (SSSR count). The minimum atomic E-state index is -0.415. The summed E-state index contributed by atoms with van der Waals surface area (Å²) in [5.74, 6) is 0.160. The van der Waals surface area contributed by atoms with E-state index in [1.54, 1.807) is 12.4 Å². The maximum absolute atomic E-state index is 14.8. The number of halogens is 1. The van der Waals surface area contributed by atoms with E-state index >= 15 is 0 Å². The predicted octanol–water partition coefficient (Wildman–Crippen LogP) is 4.72. The van der Waals surface area contributed by atoms with Crippen molar-refractivity contribution >= 4 is 46.4 Å². The van der Waals surface area contributed by atoms with Crippen LogP contribution < -0.4 is 4.90 Å². The normalized spacial score (nSPS) is 15.3. The smallest absolute Gasteiger partial charge is 0.180 e. The molecule has 3 aromatic heterocycles. The molecule has 1 saturated heterocycles. The molecule has 1 aliphatic heterocycles. The van der Waals surface area contributed by atoms with Gasteiger partial charge in [-0.25, -0.2) is 19.4 Å². The van der Waals surface area contributed by atoms with E-state index in [2.05, 4.69) is 46.8 Å². The maximum Gasteiger partial charge on any atom is 0.180 e. The number of anilines is 1. The number of pyridine rings is 1. The number of rotatable bonds is 5. The number of benzene rings is 1. The number of aromatic amines is 2. The zero-order chi connectivity index (χ0) is 22.1. The standard InChI is InChI=1S/C23H23FN8/c1-14(12-26-13-25-2)15-10-16-19(17(24)11-15)30-31-20(16)23-28-21-18(6-7-27-22(21)29-23)32-8-4-3-5-9-32/h6-7,10-13H,2-5,8-9H2,1H3,(H,30,31)(H,27,28,29)/b14-12+,26-13?. The van der Waals surface area contributed by atoms with Crippen molar-refractivity contribution in [2.75, 3.05) is 18.0 Å². The van der Waals surface area contributed by atoms with Crippen LogP contribution >= 0.6 is 0 Å². The molecular formula is C23H23FN8. The molecule has 0 saturated carbocycles. The van der Waals surface area contributed by atoms with Gasteiger partial charge >= 0.3 is 0 Å². The summed E-state index contributed by atoms with van der Waals surface area (Å²) in [6.07, 6.45) is 8.35. The highest BCUT2D eigenvalue weighted by molar-refractivity contribution is 5.96. The molecule has 0 aliphatic carbocycles. The topological polar surface area (TPSA) is 98.2 Å². The highest BCUT2D eigenvalue weighted by Gasteiger charge is 2.20. The third-order valence-electron chi connectivity index (χ3n) is 5.79. The van der Waals surface area contributed by atoms with Crippen LogP contribution in [-0.2, 0) is 0 Å². The van der Waals surface area contributed by atoms with E-state index in [-0.39, 0.29) is 5.52 Å². The van der Waals surface area contributed by atoms with Crippen LogP contribution in [0.1, 0.15) is 31.7 Å². The fourth-order valence-corrected chi connectivity index (χ4v) is 4.16. The monoisotopic (exact) mass is 430 g/mol. The fraction of sp³-hybridized carbons (Fsp3) is 0.261. The number of aliphatic imine (C=N–C) groups is 2. The lowest BCUT2D eigenvalue weighted by atomic mass is 10.0. The van der Waals surface area contributed by atoms with E-state index < -0.39 is 5.82 Å². The quantitative estimate of drug-likeness (QED) is 0.354. The minimum Gasteiger partial charge on any atom is -0.370 e. The summed E-state index contributed by atoms with van der Waals surface area (Å²) in [4.78, 5) is 22.5. The Labute approximate surface area is 184 Å². The number of nitrogens with one attached hydrogen (secondary N) is 2. The first kappa shape index (κ1) is 20.0. The first-order valence-electron chi connectivity index (χ1n) is 10.6. The van der Waals surface area contributed by atoms with Crippen LogP contribution in [0, 0.1) is 5.82 Å². The summed E-state index contributed by atoms with van der Waals surface area (Å²) in [5.41, 5.74) is 4.97. The summed E-state index contributed by atoms with van der Waals surface area (Å²) in [6, 6.07) is 5.35. The second-order valence-electron chi connectivity index (χ2n) is 7.87. The van der Waals surface area contributed by atoms with E-state index in [0.717, 1.165) is 29.9 Å². The fourth-order valence-electron chi connectivity index (χ4n) is 4.16. The average molecular weight is 430 g/mol. The molecule has 4 heterocycles. The molecule has 0 amide bonds. The molecule has 0 spiro atoms. The zero-order valence-corrected chi connectivity index (χ0v) is 17.8. The molecule has 8 nitrogen and oxygen atoms in total. The van der Waals surface area contributed by atoms with Gasteiger partial charge < -0.3 is 9.88 Å². The number of allylic oxidation sites excluding steroid dienone is 1. The second-order valence-corrected chi connectivity index (χ2v) is 7.87. The molecule has 1 aromatic carbocycles. The second kappa shape index (κ2) is 8.33. The summed E-state index contributed by atoms with van der Waals surface area (Å²) >= 11 is 0. The van der Waals surface area contributed by atoms with Crippen LogP contribution in [0.25, 0.3) is 39.2 Å². The van der Waals surface area contributed by atoms with Gasteiger partial charge in [-0.05, 0) is 62.2 Å². The summed E-state index contributed by atoms with van der Waals surface area (Å²) in [5, 5.41) is 7.78.